The summed E-state index contributed by atoms with van der Waals surface area (Å²) in [5.41, 5.74) is 0.155. The van der Waals surface area contributed by atoms with Crippen LogP contribution in [0.2, 0.25) is 0 Å². The number of esters is 1. The largest absolute Gasteiger partial charge is 0.497 e. The molecule has 17 heteroatoms. The molecule has 3 atom stereocenters. The quantitative estimate of drug-likeness (QED) is 0.145. The fourth-order valence-corrected chi connectivity index (χ4v) is 5.19. The van der Waals surface area contributed by atoms with Crippen LogP contribution in [-0.2, 0) is 35.1 Å². The van der Waals surface area contributed by atoms with Gasteiger partial charge in [-0.2, -0.15) is 18.4 Å². The lowest BCUT2D eigenvalue weighted by Crippen LogP contribution is -2.55. The van der Waals surface area contributed by atoms with Crippen LogP contribution in [0.25, 0.3) is 0 Å². The zero-order valence-corrected chi connectivity index (χ0v) is 32.1. The number of ketones is 1. The van der Waals surface area contributed by atoms with E-state index in [1.807, 2.05) is 6.07 Å². The van der Waals surface area contributed by atoms with Gasteiger partial charge in [-0.1, -0.05) is 38.1 Å². The van der Waals surface area contributed by atoms with Crippen molar-refractivity contribution in [1.29, 1.82) is 5.26 Å². The van der Waals surface area contributed by atoms with Crippen molar-refractivity contribution in [2.24, 2.45) is 5.92 Å². The van der Waals surface area contributed by atoms with Crippen LogP contribution in [0.1, 0.15) is 67.7 Å². The van der Waals surface area contributed by atoms with E-state index in [1.54, 1.807) is 32.9 Å². The summed E-state index contributed by atoms with van der Waals surface area (Å²) in [6, 6.07) is 14.3. The van der Waals surface area contributed by atoms with Gasteiger partial charge in [0.2, 0.25) is 11.8 Å². The number of nitriles is 1. The number of amides is 4. The van der Waals surface area contributed by atoms with Crippen LogP contribution in [-0.4, -0.2) is 79.5 Å². The lowest BCUT2D eigenvalue weighted by molar-refractivity contribution is -0.175. The Hall–Kier alpha value is -6.44. The van der Waals surface area contributed by atoms with E-state index >= 15 is 0 Å². The average molecular weight is 796 g/mol. The van der Waals surface area contributed by atoms with Gasteiger partial charge in [0.25, 0.3) is 17.6 Å². The van der Waals surface area contributed by atoms with Crippen molar-refractivity contribution in [3.63, 3.8) is 0 Å². The molecule has 0 spiro atoms. The fourth-order valence-electron chi connectivity index (χ4n) is 5.19. The second-order valence-corrected chi connectivity index (χ2v) is 14.0. The second kappa shape index (κ2) is 19.9. The summed E-state index contributed by atoms with van der Waals surface area (Å²) in [6.45, 7) is 6.88. The first-order valence-corrected chi connectivity index (χ1v) is 17.6. The van der Waals surface area contributed by atoms with Crippen LogP contribution in [0.4, 0.5) is 13.2 Å². The number of nitrogens with one attached hydrogen (secondary N) is 4. The third-order valence-electron chi connectivity index (χ3n) is 7.98. The van der Waals surface area contributed by atoms with Crippen molar-refractivity contribution in [3.05, 3.63) is 95.1 Å². The number of methoxy groups -OCH3 is 1. The van der Waals surface area contributed by atoms with Crippen LogP contribution in [0.3, 0.4) is 0 Å². The van der Waals surface area contributed by atoms with Gasteiger partial charge in [-0.05, 0) is 86.3 Å². The summed E-state index contributed by atoms with van der Waals surface area (Å²) >= 11 is 0. The highest BCUT2D eigenvalue weighted by molar-refractivity contribution is 5.99. The lowest BCUT2D eigenvalue weighted by atomic mass is 9.97. The molecule has 0 saturated heterocycles. The van der Waals surface area contributed by atoms with E-state index in [2.05, 4.69) is 21.3 Å². The number of nitrogens with zero attached hydrogens (tertiary/aromatic N) is 1. The molecule has 0 fully saturated rings. The first-order valence-electron chi connectivity index (χ1n) is 17.6. The molecule has 0 aliphatic carbocycles. The first-order chi connectivity index (χ1) is 26.7. The number of alkyl halides is 3. The first kappa shape index (κ1) is 45.0. The maximum Gasteiger partial charge on any atom is 0.452 e. The molecule has 4 amide bonds. The number of carbonyl (C=O) groups excluding carboxylic acids is 6. The van der Waals surface area contributed by atoms with E-state index in [4.69, 9.17) is 14.2 Å². The van der Waals surface area contributed by atoms with Crippen molar-refractivity contribution in [2.45, 2.75) is 70.9 Å². The van der Waals surface area contributed by atoms with Gasteiger partial charge in [-0.25, -0.2) is 0 Å². The minimum atomic E-state index is -5.25. The van der Waals surface area contributed by atoms with Crippen molar-refractivity contribution in [2.75, 3.05) is 20.3 Å². The smallest absolute Gasteiger partial charge is 0.452 e. The molecule has 0 saturated carbocycles. The summed E-state index contributed by atoms with van der Waals surface area (Å²) in [5.74, 6) is -6.64. The molecule has 57 heavy (non-hydrogen) atoms. The average Bonchev–Trinajstić information content (AvgIpc) is 3.15. The minimum Gasteiger partial charge on any atom is -0.497 e. The highest BCUT2D eigenvalue weighted by Gasteiger charge is 2.45. The third kappa shape index (κ3) is 14.3. The van der Waals surface area contributed by atoms with Crippen LogP contribution in [0.5, 0.6) is 11.5 Å². The molecule has 0 aliphatic rings. The Labute approximate surface area is 327 Å². The maximum absolute atomic E-state index is 14.0. The number of hydrogen-bond acceptors (Lipinski definition) is 10. The Bertz CT molecular complexity index is 1950. The van der Waals surface area contributed by atoms with Crippen molar-refractivity contribution in [3.8, 4) is 17.6 Å². The molecular weight excluding hydrogens is 751 g/mol. The van der Waals surface area contributed by atoms with Crippen molar-refractivity contribution >= 4 is 35.4 Å². The number of Topliss-reactive ketones (excluding diaryl/α,β-unsaturated/α-hetero) is 1. The Morgan fingerprint density at radius 1 is 0.825 bits per heavy atom. The highest BCUT2D eigenvalue weighted by Crippen LogP contribution is 2.24. The van der Waals surface area contributed by atoms with Crippen molar-refractivity contribution in [1.82, 2.24) is 21.3 Å². The van der Waals surface area contributed by atoms with E-state index in [1.165, 1.54) is 81.6 Å². The number of ether oxygens (including phenoxy) is 3. The van der Waals surface area contributed by atoms with Crippen LogP contribution in [0, 0.1) is 17.2 Å². The molecule has 14 nitrogen and oxygen atoms in total. The molecule has 3 aromatic carbocycles. The van der Waals surface area contributed by atoms with Crippen LogP contribution < -0.4 is 30.7 Å². The number of halogens is 3. The van der Waals surface area contributed by atoms with Gasteiger partial charge in [0.15, 0.2) is 6.61 Å². The van der Waals surface area contributed by atoms with Crippen LogP contribution in [0.15, 0.2) is 72.8 Å². The van der Waals surface area contributed by atoms with Gasteiger partial charge in [0.05, 0.1) is 24.8 Å². The molecule has 0 bridgehead atoms. The van der Waals surface area contributed by atoms with Crippen LogP contribution >= 0.6 is 0 Å². The van der Waals surface area contributed by atoms with E-state index in [-0.39, 0.29) is 35.4 Å². The number of hydrogen-bond donors (Lipinski definition) is 4. The zero-order chi connectivity index (χ0) is 42.5. The summed E-state index contributed by atoms with van der Waals surface area (Å²) < 4.78 is 56.1. The van der Waals surface area contributed by atoms with E-state index < -0.39 is 77.8 Å². The van der Waals surface area contributed by atoms with Gasteiger partial charge in [-0.15, -0.1) is 0 Å². The van der Waals surface area contributed by atoms with Gasteiger partial charge in [0.1, 0.15) is 35.7 Å². The number of carbonyl (C=O) groups is 6. The zero-order valence-electron chi connectivity index (χ0n) is 32.1. The summed E-state index contributed by atoms with van der Waals surface area (Å²) in [5, 5.41) is 19.0. The molecule has 0 radical (unpaired) electrons. The molecule has 4 N–H and O–H groups in total. The van der Waals surface area contributed by atoms with E-state index in [0.717, 1.165) is 0 Å². The topological polar surface area (TPSA) is 202 Å². The number of rotatable bonds is 17. The minimum absolute atomic E-state index is 0.0511. The van der Waals surface area contributed by atoms with E-state index in [9.17, 15) is 47.2 Å². The predicted octanol–water partition coefficient (Wildman–Crippen LogP) is 3.87. The standard InChI is InChI=1S/C40H44F3N5O9/c1-23(2)33(35(51)40(41,42)43)47-38(54)34(26-10-14-28(55-6)15-11-26)48-37(53)30(19-24-8-7-9-25(18-24)20-44)46-36(52)27-12-16-29(17-13-27)56-22-31(49)45-21-32(50)57-39(3,4)5/h7-18,23,30,33-34H,19,21-22H2,1-6H3,(H,45,49)(H,46,52)(H,47,54)(H,48,53). The SMILES string of the molecule is COc1ccc(C(NC(=O)C(Cc2cccc(C#N)c2)NC(=O)c2ccc(OCC(=O)NCC(=O)OC(C)(C)C)cc2)C(=O)NC(C(=O)C(F)(F)F)C(C)C)cc1. The van der Waals surface area contributed by atoms with Gasteiger partial charge in [0, 0.05) is 12.0 Å². The third-order valence-corrected chi connectivity index (χ3v) is 7.98. The molecule has 0 aliphatic heterocycles. The van der Waals surface area contributed by atoms with Gasteiger partial charge >= 0.3 is 12.1 Å². The number of benzene rings is 3. The molecule has 3 rings (SSSR count). The van der Waals surface area contributed by atoms with E-state index in [0.29, 0.717) is 11.3 Å². The molecule has 3 aromatic rings. The molecule has 0 aromatic heterocycles. The normalized spacial score (nSPS) is 12.9. The summed E-state index contributed by atoms with van der Waals surface area (Å²) in [7, 11) is 1.39. The lowest BCUT2D eigenvalue weighted by Gasteiger charge is -2.27. The van der Waals surface area contributed by atoms with Gasteiger partial charge in [-0.3, -0.25) is 28.8 Å². The van der Waals surface area contributed by atoms with Crippen molar-refractivity contribution < 1.29 is 56.1 Å². The molecule has 0 heterocycles. The van der Waals surface area contributed by atoms with Gasteiger partial charge < -0.3 is 35.5 Å². The molecule has 3 unspecified atom stereocenters. The Kier molecular flexibility index (Phi) is 15.7. The molecular formula is C40H44F3N5O9. The Balaban J connectivity index is 1.85. The highest BCUT2D eigenvalue weighted by atomic mass is 19.4. The Morgan fingerprint density at radius 3 is 2.02 bits per heavy atom. The fraction of sp³-hybridized carbons (Fsp3) is 0.375. The predicted molar refractivity (Wildman–Crippen MR) is 199 cm³/mol. The Morgan fingerprint density at radius 2 is 1.46 bits per heavy atom. The maximum atomic E-state index is 14.0. The molecule has 304 valence electrons. The monoisotopic (exact) mass is 795 g/mol. The second-order valence-electron chi connectivity index (χ2n) is 14.0. The summed E-state index contributed by atoms with van der Waals surface area (Å²) in [6.07, 6.45) is -5.44. The summed E-state index contributed by atoms with van der Waals surface area (Å²) in [4.78, 5) is 77.5.